The number of rotatable bonds is 4. The van der Waals surface area contributed by atoms with E-state index in [2.05, 4.69) is 23.8 Å². The van der Waals surface area contributed by atoms with Gasteiger partial charge >= 0.3 is 0 Å². The van der Waals surface area contributed by atoms with Crippen molar-refractivity contribution in [1.29, 1.82) is 0 Å². The van der Waals surface area contributed by atoms with Crippen molar-refractivity contribution in [3.05, 3.63) is 54.3 Å². The topological polar surface area (TPSA) is 43.6 Å². The van der Waals surface area contributed by atoms with E-state index in [4.69, 9.17) is 4.98 Å². The summed E-state index contributed by atoms with van der Waals surface area (Å²) in [5, 5.41) is 0. The molecule has 2 aromatic heterocycles. The summed E-state index contributed by atoms with van der Waals surface area (Å²) in [6.45, 7) is 5.07. The van der Waals surface area contributed by atoms with Crippen molar-refractivity contribution in [2.45, 2.75) is 26.8 Å². The standard InChI is InChI=1S/C20H19FN4/c1-13(2)11-12-25-19(14-7-3-4-8-15(14)21)24-18-20(25)23-17-10-6-5-9-16(17)22-18/h3-10,13H,11-12H2,1-2H3. The van der Waals surface area contributed by atoms with Crippen LogP contribution >= 0.6 is 0 Å². The first kappa shape index (κ1) is 15.7. The van der Waals surface area contributed by atoms with Crippen molar-refractivity contribution >= 4 is 22.3 Å². The molecule has 25 heavy (non-hydrogen) atoms. The van der Waals surface area contributed by atoms with Crippen LogP contribution in [0.4, 0.5) is 4.39 Å². The summed E-state index contributed by atoms with van der Waals surface area (Å²) in [5.74, 6) is 0.830. The van der Waals surface area contributed by atoms with E-state index >= 15 is 0 Å². The molecule has 0 radical (unpaired) electrons. The SMILES string of the molecule is CC(C)CCn1c(-c2ccccc2F)nc2nc3ccccc3nc21. The van der Waals surface area contributed by atoms with Crippen LogP contribution in [0.3, 0.4) is 0 Å². The molecule has 2 aromatic carbocycles. The summed E-state index contributed by atoms with van der Waals surface area (Å²) >= 11 is 0. The van der Waals surface area contributed by atoms with Gasteiger partial charge in [0, 0.05) is 6.54 Å². The van der Waals surface area contributed by atoms with Gasteiger partial charge in [-0.1, -0.05) is 38.1 Å². The first-order valence-electron chi connectivity index (χ1n) is 8.51. The van der Waals surface area contributed by atoms with Crippen molar-refractivity contribution in [1.82, 2.24) is 19.5 Å². The van der Waals surface area contributed by atoms with E-state index in [1.807, 2.05) is 34.9 Å². The number of imidazole rings is 1. The molecule has 4 rings (SSSR count). The fraction of sp³-hybridized carbons (Fsp3) is 0.250. The lowest BCUT2D eigenvalue weighted by atomic mass is 10.1. The minimum Gasteiger partial charge on any atom is -0.307 e. The van der Waals surface area contributed by atoms with Crippen LogP contribution in [0, 0.1) is 11.7 Å². The highest BCUT2D eigenvalue weighted by Gasteiger charge is 2.18. The molecule has 0 aliphatic carbocycles. The third-order valence-corrected chi connectivity index (χ3v) is 4.30. The normalized spacial score (nSPS) is 11.7. The number of benzene rings is 2. The van der Waals surface area contributed by atoms with E-state index in [9.17, 15) is 4.39 Å². The summed E-state index contributed by atoms with van der Waals surface area (Å²) in [5.41, 5.74) is 3.36. The molecular weight excluding hydrogens is 315 g/mol. The Kier molecular flexibility index (Phi) is 3.92. The number of hydrogen-bond donors (Lipinski definition) is 0. The van der Waals surface area contributed by atoms with Gasteiger partial charge in [0.15, 0.2) is 11.3 Å². The van der Waals surface area contributed by atoms with Gasteiger partial charge < -0.3 is 4.57 Å². The molecule has 126 valence electrons. The molecule has 0 bridgehead atoms. The number of nitrogens with zero attached hydrogens (tertiary/aromatic N) is 4. The van der Waals surface area contributed by atoms with Gasteiger partial charge in [-0.05, 0) is 36.6 Å². The molecule has 4 aromatic rings. The van der Waals surface area contributed by atoms with Gasteiger partial charge in [-0.15, -0.1) is 0 Å². The van der Waals surface area contributed by atoms with Crippen molar-refractivity contribution in [2.24, 2.45) is 5.92 Å². The molecule has 4 nitrogen and oxygen atoms in total. The summed E-state index contributed by atoms with van der Waals surface area (Å²) in [6.07, 6.45) is 0.960. The van der Waals surface area contributed by atoms with Gasteiger partial charge in [-0.3, -0.25) is 0 Å². The Balaban J connectivity index is 1.98. The zero-order valence-electron chi connectivity index (χ0n) is 14.3. The molecule has 0 aliphatic heterocycles. The number of hydrogen-bond acceptors (Lipinski definition) is 3. The van der Waals surface area contributed by atoms with E-state index in [0.29, 0.717) is 28.6 Å². The van der Waals surface area contributed by atoms with E-state index in [1.54, 1.807) is 12.1 Å². The molecule has 5 heteroatoms. The zero-order valence-corrected chi connectivity index (χ0v) is 14.3. The van der Waals surface area contributed by atoms with Gasteiger partial charge in [0.2, 0.25) is 0 Å². The lowest BCUT2D eigenvalue weighted by molar-refractivity contribution is 0.523. The molecule has 2 heterocycles. The van der Waals surface area contributed by atoms with E-state index < -0.39 is 0 Å². The van der Waals surface area contributed by atoms with Crippen molar-refractivity contribution in [3.63, 3.8) is 0 Å². The second kappa shape index (κ2) is 6.24. The van der Waals surface area contributed by atoms with Gasteiger partial charge in [-0.2, -0.15) is 0 Å². The Morgan fingerprint density at radius 1 is 0.920 bits per heavy atom. The predicted molar refractivity (Wildman–Crippen MR) is 97.7 cm³/mol. The Hall–Kier alpha value is -2.82. The fourth-order valence-corrected chi connectivity index (χ4v) is 2.95. The average Bonchev–Trinajstić information content (AvgIpc) is 2.95. The summed E-state index contributed by atoms with van der Waals surface area (Å²) < 4.78 is 16.4. The largest absolute Gasteiger partial charge is 0.307 e. The predicted octanol–water partition coefficient (Wildman–Crippen LogP) is 4.83. The van der Waals surface area contributed by atoms with E-state index in [0.717, 1.165) is 24.0 Å². The number of para-hydroxylation sites is 2. The van der Waals surface area contributed by atoms with E-state index in [-0.39, 0.29) is 5.82 Å². The van der Waals surface area contributed by atoms with Gasteiger partial charge in [-0.25, -0.2) is 19.3 Å². The zero-order chi connectivity index (χ0) is 17.4. The van der Waals surface area contributed by atoms with E-state index in [1.165, 1.54) is 6.07 Å². The van der Waals surface area contributed by atoms with Crippen molar-refractivity contribution in [3.8, 4) is 11.4 Å². The maximum atomic E-state index is 14.4. The third-order valence-electron chi connectivity index (χ3n) is 4.30. The second-order valence-electron chi connectivity index (χ2n) is 6.61. The Labute approximate surface area is 145 Å². The molecule has 0 saturated carbocycles. The fourth-order valence-electron chi connectivity index (χ4n) is 2.95. The Morgan fingerprint density at radius 3 is 2.32 bits per heavy atom. The van der Waals surface area contributed by atoms with Crippen LogP contribution in [0.25, 0.3) is 33.7 Å². The number of halogens is 1. The smallest absolute Gasteiger partial charge is 0.198 e. The maximum absolute atomic E-state index is 14.4. The molecule has 0 fully saturated rings. The lowest BCUT2D eigenvalue weighted by Gasteiger charge is -2.11. The highest BCUT2D eigenvalue weighted by Crippen LogP contribution is 2.27. The van der Waals surface area contributed by atoms with Crippen LogP contribution < -0.4 is 0 Å². The minimum atomic E-state index is -0.284. The molecular formula is C20H19FN4. The number of fused-ring (bicyclic) bond motifs is 2. The summed E-state index contributed by atoms with van der Waals surface area (Å²) in [4.78, 5) is 14.0. The van der Waals surface area contributed by atoms with Crippen LogP contribution in [0.1, 0.15) is 20.3 Å². The van der Waals surface area contributed by atoms with Crippen LogP contribution in [-0.4, -0.2) is 19.5 Å². The number of aryl methyl sites for hydroxylation is 1. The lowest BCUT2D eigenvalue weighted by Crippen LogP contribution is -2.05. The monoisotopic (exact) mass is 334 g/mol. The Morgan fingerprint density at radius 2 is 1.60 bits per heavy atom. The quantitative estimate of drug-likeness (QED) is 0.537. The van der Waals surface area contributed by atoms with Crippen molar-refractivity contribution < 1.29 is 4.39 Å². The molecule has 0 unspecified atom stereocenters. The highest BCUT2D eigenvalue weighted by atomic mass is 19.1. The van der Waals surface area contributed by atoms with Crippen molar-refractivity contribution in [2.75, 3.05) is 0 Å². The number of aromatic nitrogens is 4. The first-order valence-corrected chi connectivity index (χ1v) is 8.51. The molecule has 0 saturated heterocycles. The summed E-state index contributed by atoms with van der Waals surface area (Å²) in [6, 6.07) is 14.4. The van der Waals surface area contributed by atoms with Gasteiger partial charge in [0.25, 0.3) is 0 Å². The molecule has 0 atom stereocenters. The Bertz CT molecular complexity index is 1050. The van der Waals surface area contributed by atoms with Crippen LogP contribution in [0.2, 0.25) is 0 Å². The maximum Gasteiger partial charge on any atom is 0.198 e. The van der Waals surface area contributed by atoms with Crippen LogP contribution in [0.5, 0.6) is 0 Å². The average molecular weight is 334 g/mol. The molecule has 0 amide bonds. The van der Waals surface area contributed by atoms with Gasteiger partial charge in [0.1, 0.15) is 11.6 Å². The second-order valence-corrected chi connectivity index (χ2v) is 6.61. The highest BCUT2D eigenvalue weighted by molar-refractivity contribution is 5.84. The molecule has 0 N–H and O–H groups in total. The molecule has 0 spiro atoms. The first-order chi connectivity index (χ1) is 12.1. The van der Waals surface area contributed by atoms with Crippen LogP contribution in [0.15, 0.2) is 48.5 Å². The minimum absolute atomic E-state index is 0.284. The molecule has 0 aliphatic rings. The van der Waals surface area contributed by atoms with Gasteiger partial charge in [0.05, 0.1) is 16.6 Å². The van der Waals surface area contributed by atoms with Crippen LogP contribution in [-0.2, 0) is 6.54 Å². The third kappa shape index (κ3) is 2.86. The summed E-state index contributed by atoms with van der Waals surface area (Å²) in [7, 11) is 0.